The zero-order chi connectivity index (χ0) is 24.1. The minimum absolute atomic E-state index is 0.325. The predicted octanol–water partition coefficient (Wildman–Crippen LogP) is 8.20. The van der Waals surface area contributed by atoms with Crippen molar-refractivity contribution in [2.24, 2.45) is 4.74 Å². The molecule has 35 heavy (non-hydrogen) atoms. The number of para-hydroxylation sites is 2. The third kappa shape index (κ3) is 4.91. The van der Waals surface area contributed by atoms with Crippen LogP contribution in [0, 0.1) is 0 Å². The fraction of sp³-hybridized carbons (Fsp3) is 0.0690. The highest BCUT2D eigenvalue weighted by atomic mass is 31.2. The maximum atomic E-state index is 12.2. The SMILES string of the molecule is CCOC(=O)c1ccc(C2=Cc3ccccc3N=P2(Oc2ccccc2)Oc2ccccc2)cc1. The van der Waals surface area contributed by atoms with E-state index in [9.17, 15) is 4.79 Å². The molecule has 0 saturated carbocycles. The van der Waals surface area contributed by atoms with Crippen molar-refractivity contribution >= 4 is 30.6 Å². The summed E-state index contributed by atoms with van der Waals surface area (Å²) in [5.74, 6) is 0.969. The molecule has 0 saturated heterocycles. The van der Waals surface area contributed by atoms with Crippen molar-refractivity contribution in [3.8, 4) is 11.5 Å². The smallest absolute Gasteiger partial charge is 0.352 e. The van der Waals surface area contributed by atoms with Gasteiger partial charge in [-0.25, -0.2) is 4.79 Å². The van der Waals surface area contributed by atoms with Crippen molar-refractivity contribution in [1.29, 1.82) is 0 Å². The molecule has 5 nitrogen and oxygen atoms in total. The number of carbonyl (C=O) groups excluding carboxylic acids is 1. The van der Waals surface area contributed by atoms with Crippen LogP contribution in [0.15, 0.2) is 114 Å². The van der Waals surface area contributed by atoms with Crippen LogP contribution in [0.4, 0.5) is 5.69 Å². The van der Waals surface area contributed by atoms with E-state index in [0.29, 0.717) is 23.7 Å². The zero-order valence-corrected chi connectivity index (χ0v) is 20.1. The van der Waals surface area contributed by atoms with Gasteiger partial charge in [-0.3, -0.25) is 0 Å². The Morgan fingerprint density at radius 3 is 1.91 bits per heavy atom. The molecule has 0 aromatic heterocycles. The number of rotatable bonds is 7. The summed E-state index contributed by atoms with van der Waals surface area (Å²) in [6, 6.07) is 34.4. The molecule has 0 fully saturated rings. The van der Waals surface area contributed by atoms with Crippen LogP contribution in [-0.2, 0) is 4.74 Å². The molecule has 0 N–H and O–H groups in total. The van der Waals surface area contributed by atoms with Crippen molar-refractivity contribution in [1.82, 2.24) is 0 Å². The molecule has 1 aliphatic rings. The third-order valence-corrected chi connectivity index (χ3v) is 7.80. The van der Waals surface area contributed by atoms with Crippen LogP contribution in [0.25, 0.3) is 11.4 Å². The summed E-state index contributed by atoms with van der Waals surface area (Å²) in [5, 5.41) is 0.819. The summed E-state index contributed by atoms with van der Waals surface area (Å²) >= 11 is 0. The summed E-state index contributed by atoms with van der Waals surface area (Å²) < 4.78 is 23.6. The van der Waals surface area contributed by atoms with Gasteiger partial charge in [-0.1, -0.05) is 66.7 Å². The van der Waals surface area contributed by atoms with Crippen LogP contribution < -0.4 is 9.05 Å². The largest absolute Gasteiger partial charge is 0.462 e. The summed E-state index contributed by atoms with van der Waals surface area (Å²) in [5.41, 5.74) is 3.12. The molecule has 1 aliphatic heterocycles. The number of carbonyl (C=O) groups is 1. The van der Waals surface area contributed by atoms with Crippen molar-refractivity contribution in [2.45, 2.75) is 6.92 Å². The van der Waals surface area contributed by atoms with Crippen LogP contribution >= 0.6 is 7.51 Å². The lowest BCUT2D eigenvalue weighted by Crippen LogP contribution is -2.07. The van der Waals surface area contributed by atoms with Gasteiger partial charge in [0, 0.05) is 5.56 Å². The Balaban J connectivity index is 1.68. The van der Waals surface area contributed by atoms with E-state index < -0.39 is 7.51 Å². The van der Waals surface area contributed by atoms with E-state index in [2.05, 4.69) is 6.08 Å². The van der Waals surface area contributed by atoms with Crippen molar-refractivity contribution in [3.05, 3.63) is 126 Å². The summed E-state index contributed by atoms with van der Waals surface area (Å²) in [7, 11) is -3.08. The first-order chi connectivity index (χ1) is 17.2. The number of nitrogens with zero attached hydrogens (tertiary/aromatic N) is 1. The van der Waals surface area contributed by atoms with Crippen molar-refractivity contribution in [2.75, 3.05) is 6.61 Å². The van der Waals surface area contributed by atoms with E-state index in [1.54, 1.807) is 19.1 Å². The Labute approximate surface area is 204 Å². The van der Waals surface area contributed by atoms with Gasteiger partial charge in [-0.05, 0) is 61.0 Å². The zero-order valence-electron chi connectivity index (χ0n) is 19.2. The van der Waals surface area contributed by atoms with Gasteiger partial charge in [-0.2, -0.15) is 4.74 Å². The van der Waals surface area contributed by atoms with E-state index in [-0.39, 0.29) is 5.97 Å². The monoisotopic (exact) mass is 481 g/mol. The van der Waals surface area contributed by atoms with Gasteiger partial charge < -0.3 is 13.8 Å². The summed E-state index contributed by atoms with van der Waals surface area (Å²) in [4.78, 5) is 12.2. The number of ether oxygens (including phenoxy) is 1. The molecular formula is C29H24NO4P. The average molecular weight is 481 g/mol. The first-order valence-corrected chi connectivity index (χ1v) is 12.9. The summed E-state index contributed by atoms with van der Waals surface area (Å²) in [6.07, 6.45) is 2.07. The highest BCUT2D eigenvalue weighted by molar-refractivity contribution is 7.68. The molecule has 174 valence electrons. The van der Waals surface area contributed by atoms with Gasteiger partial charge in [0.25, 0.3) is 0 Å². The molecule has 1 heterocycles. The van der Waals surface area contributed by atoms with Gasteiger partial charge in [0.05, 0.1) is 23.2 Å². The van der Waals surface area contributed by atoms with Gasteiger partial charge in [0.2, 0.25) is 0 Å². The maximum Gasteiger partial charge on any atom is 0.352 e. The first-order valence-electron chi connectivity index (χ1n) is 11.4. The molecule has 0 unspecified atom stereocenters. The topological polar surface area (TPSA) is 57.1 Å². The molecule has 0 amide bonds. The van der Waals surface area contributed by atoms with Crippen LogP contribution in [0.1, 0.15) is 28.4 Å². The summed E-state index contributed by atoms with van der Waals surface area (Å²) in [6.45, 7) is 2.12. The highest BCUT2D eigenvalue weighted by Crippen LogP contribution is 2.66. The van der Waals surface area contributed by atoms with Crippen LogP contribution in [0.2, 0.25) is 0 Å². The Hall–Kier alpha value is -4.08. The molecule has 4 aromatic carbocycles. The van der Waals surface area contributed by atoms with E-state index in [4.69, 9.17) is 18.5 Å². The Kier molecular flexibility index (Phi) is 6.51. The third-order valence-electron chi connectivity index (χ3n) is 5.41. The number of esters is 1. The number of benzene rings is 4. The van der Waals surface area contributed by atoms with E-state index >= 15 is 0 Å². The molecule has 0 bridgehead atoms. The number of hydrogen-bond donors (Lipinski definition) is 0. The fourth-order valence-electron chi connectivity index (χ4n) is 3.77. The average Bonchev–Trinajstić information content (AvgIpc) is 2.90. The van der Waals surface area contributed by atoms with Crippen molar-refractivity contribution in [3.63, 3.8) is 0 Å². The highest BCUT2D eigenvalue weighted by Gasteiger charge is 2.36. The van der Waals surface area contributed by atoms with Crippen LogP contribution in [0.3, 0.4) is 0 Å². The molecule has 4 aromatic rings. The molecule has 6 heteroatoms. The molecule has 0 radical (unpaired) electrons. The van der Waals surface area contributed by atoms with Crippen LogP contribution in [0.5, 0.6) is 11.5 Å². The molecule has 0 spiro atoms. The molecule has 5 rings (SSSR count). The van der Waals surface area contributed by atoms with Crippen molar-refractivity contribution < 1.29 is 18.6 Å². The van der Waals surface area contributed by atoms with Crippen LogP contribution in [-0.4, -0.2) is 12.6 Å². The Bertz CT molecular complexity index is 1370. The Morgan fingerprint density at radius 2 is 1.31 bits per heavy atom. The fourth-order valence-corrected chi connectivity index (χ4v) is 6.25. The maximum absolute atomic E-state index is 12.2. The quantitative estimate of drug-likeness (QED) is 0.197. The van der Waals surface area contributed by atoms with E-state index in [1.165, 1.54) is 0 Å². The number of fused-ring (bicyclic) bond motifs is 1. The lowest BCUT2D eigenvalue weighted by molar-refractivity contribution is 0.0526. The second kappa shape index (κ2) is 10.0. The Morgan fingerprint density at radius 1 is 0.743 bits per heavy atom. The minimum atomic E-state index is -3.08. The molecular weight excluding hydrogens is 457 g/mol. The molecule has 0 atom stereocenters. The lowest BCUT2D eigenvalue weighted by Gasteiger charge is -2.30. The second-order valence-corrected chi connectivity index (χ2v) is 9.90. The van der Waals surface area contributed by atoms with Gasteiger partial charge in [-0.15, -0.1) is 0 Å². The number of hydrogen-bond acceptors (Lipinski definition) is 5. The second-order valence-electron chi connectivity index (χ2n) is 7.82. The predicted molar refractivity (Wildman–Crippen MR) is 140 cm³/mol. The first kappa shape index (κ1) is 22.7. The van der Waals surface area contributed by atoms with Gasteiger partial charge in [0.15, 0.2) is 0 Å². The van der Waals surface area contributed by atoms with E-state index in [0.717, 1.165) is 22.1 Å². The van der Waals surface area contributed by atoms with E-state index in [1.807, 2.05) is 97.1 Å². The lowest BCUT2D eigenvalue weighted by atomic mass is 10.1. The van der Waals surface area contributed by atoms with Gasteiger partial charge >= 0.3 is 13.5 Å². The standard InChI is InChI=1S/C29H24NO4P/c1-2-32-29(31)23-19-17-22(18-20-23)28-21-24-11-9-10-16-27(24)30-35(28,33-25-12-5-3-6-13-25)34-26-14-7-4-8-15-26/h3-21H,2H2,1H3. The molecule has 0 aliphatic carbocycles. The minimum Gasteiger partial charge on any atom is -0.462 e. The normalized spacial score (nSPS) is 13.6. The van der Waals surface area contributed by atoms with Gasteiger partial charge in [0.1, 0.15) is 11.5 Å².